The zero-order valence-corrected chi connectivity index (χ0v) is 18.4. The van der Waals surface area contributed by atoms with Crippen LogP contribution in [0.5, 0.6) is 0 Å². The van der Waals surface area contributed by atoms with E-state index in [2.05, 4.69) is 5.32 Å². The Kier molecular flexibility index (Phi) is 6.70. The molecule has 3 N–H and O–H groups in total. The normalized spacial score (nSPS) is 20.0. The van der Waals surface area contributed by atoms with Crippen LogP contribution in [0.4, 0.5) is 18.0 Å². The van der Waals surface area contributed by atoms with E-state index in [1.165, 1.54) is 0 Å². The number of alkyl carbamates (subject to hydrolysis) is 1. The molecule has 186 valence electrons. The van der Waals surface area contributed by atoms with Crippen molar-refractivity contribution < 1.29 is 42.1 Å². The van der Waals surface area contributed by atoms with Gasteiger partial charge in [-0.05, 0) is 22.3 Å². The molecule has 4 rings (SSSR count). The van der Waals surface area contributed by atoms with Crippen molar-refractivity contribution in [1.29, 1.82) is 0 Å². The first-order valence-corrected chi connectivity index (χ1v) is 10.9. The Balaban J connectivity index is 1.40. The lowest BCUT2D eigenvalue weighted by molar-refractivity contribution is -0.161. The Bertz CT molecular complexity index is 1080. The minimum absolute atomic E-state index is 0.0489. The van der Waals surface area contributed by atoms with E-state index >= 15 is 0 Å². The van der Waals surface area contributed by atoms with E-state index in [0.29, 0.717) is 0 Å². The number of hydrogen-bond donors (Lipinski definition) is 3. The predicted octanol–water partition coefficient (Wildman–Crippen LogP) is 3.21. The molecular formula is C24H23F3N2O6. The highest BCUT2D eigenvalue weighted by Crippen LogP contribution is 2.44. The van der Waals surface area contributed by atoms with Crippen LogP contribution < -0.4 is 10.6 Å². The van der Waals surface area contributed by atoms with Gasteiger partial charge in [-0.15, -0.1) is 0 Å². The number of carbonyl (C=O) groups excluding carboxylic acids is 2. The van der Waals surface area contributed by atoms with Gasteiger partial charge in [0.25, 0.3) is 0 Å². The lowest BCUT2D eigenvalue weighted by Gasteiger charge is -2.26. The second-order valence-electron chi connectivity index (χ2n) is 8.51. The fourth-order valence-electron chi connectivity index (χ4n) is 4.42. The molecule has 1 aliphatic carbocycles. The number of hydrogen-bond acceptors (Lipinski definition) is 5. The minimum Gasteiger partial charge on any atom is -0.479 e. The largest absolute Gasteiger partial charge is 0.479 e. The van der Waals surface area contributed by atoms with Crippen LogP contribution in [0.25, 0.3) is 11.1 Å². The molecule has 2 aromatic rings. The van der Waals surface area contributed by atoms with E-state index in [-0.39, 0.29) is 32.2 Å². The number of ether oxygens (including phenoxy) is 2. The highest BCUT2D eigenvalue weighted by Gasteiger charge is 2.47. The van der Waals surface area contributed by atoms with Crippen LogP contribution in [0.2, 0.25) is 0 Å². The van der Waals surface area contributed by atoms with Gasteiger partial charge in [-0.1, -0.05) is 48.5 Å². The summed E-state index contributed by atoms with van der Waals surface area (Å²) in [4.78, 5) is 36.1. The molecule has 1 fully saturated rings. The third kappa shape index (κ3) is 5.09. The quantitative estimate of drug-likeness (QED) is 0.547. The van der Waals surface area contributed by atoms with E-state index < -0.39 is 42.1 Å². The monoisotopic (exact) mass is 492 g/mol. The first-order valence-electron chi connectivity index (χ1n) is 10.9. The van der Waals surface area contributed by atoms with Gasteiger partial charge in [-0.2, -0.15) is 13.2 Å². The third-order valence-corrected chi connectivity index (χ3v) is 6.23. The van der Waals surface area contributed by atoms with Crippen molar-refractivity contribution in [3.05, 3.63) is 59.7 Å². The summed E-state index contributed by atoms with van der Waals surface area (Å²) in [5.74, 6) is -2.94. The number of amides is 2. The number of carboxylic acids is 1. The number of carboxylic acid groups (broad SMARTS) is 1. The maximum atomic E-state index is 13.6. The second-order valence-corrected chi connectivity index (χ2v) is 8.51. The summed E-state index contributed by atoms with van der Waals surface area (Å²) in [6.45, 7) is -0.506. The summed E-state index contributed by atoms with van der Waals surface area (Å²) < 4.78 is 50.8. The van der Waals surface area contributed by atoms with Crippen LogP contribution in [0.1, 0.15) is 29.9 Å². The van der Waals surface area contributed by atoms with E-state index in [4.69, 9.17) is 9.47 Å². The topological polar surface area (TPSA) is 114 Å². The van der Waals surface area contributed by atoms with E-state index in [1.807, 2.05) is 48.5 Å². The lowest BCUT2D eigenvalue weighted by atomic mass is 9.98. The average Bonchev–Trinajstić information content (AvgIpc) is 3.40. The fraction of sp³-hybridized carbons (Fsp3) is 0.375. The Labute approximate surface area is 198 Å². The van der Waals surface area contributed by atoms with Gasteiger partial charge in [0.15, 0.2) is 5.54 Å². The van der Waals surface area contributed by atoms with E-state index in [1.54, 1.807) is 5.32 Å². The first kappa shape index (κ1) is 24.5. The van der Waals surface area contributed by atoms with Crippen LogP contribution in [0.3, 0.4) is 0 Å². The molecule has 0 saturated carbocycles. The minimum atomic E-state index is -4.97. The SMILES string of the molecule is O=C(CC(NC(=O)OCC1c2ccccc2-c2ccccc21)C(F)(F)F)NC1(C(=O)O)CCOC1. The van der Waals surface area contributed by atoms with Crippen LogP contribution in [0, 0.1) is 0 Å². The summed E-state index contributed by atoms with van der Waals surface area (Å²) in [5.41, 5.74) is 1.92. The molecule has 1 saturated heterocycles. The van der Waals surface area contributed by atoms with Gasteiger partial charge in [0.2, 0.25) is 5.91 Å². The molecule has 0 radical (unpaired) electrons. The predicted molar refractivity (Wildman–Crippen MR) is 117 cm³/mol. The van der Waals surface area contributed by atoms with Gasteiger partial charge >= 0.3 is 18.2 Å². The standard InChI is InChI=1S/C24H23F3N2O6/c25-24(26,27)19(11-20(30)29-23(21(31)32)9-10-34-13-23)28-22(33)35-12-18-16-7-3-1-5-14(16)15-6-2-4-8-17(15)18/h1-8,18-19H,9-13H2,(H,28,33)(H,29,30)(H,31,32). The molecule has 35 heavy (non-hydrogen) atoms. The van der Waals surface area contributed by atoms with Gasteiger partial charge in [-0.25, -0.2) is 9.59 Å². The van der Waals surface area contributed by atoms with E-state index in [0.717, 1.165) is 22.3 Å². The van der Waals surface area contributed by atoms with Gasteiger partial charge in [0, 0.05) is 18.9 Å². The molecular weight excluding hydrogens is 469 g/mol. The van der Waals surface area contributed by atoms with Gasteiger partial charge in [0.1, 0.15) is 12.6 Å². The molecule has 1 heterocycles. The van der Waals surface area contributed by atoms with Crippen LogP contribution in [0.15, 0.2) is 48.5 Å². The van der Waals surface area contributed by atoms with Crippen molar-refractivity contribution in [1.82, 2.24) is 10.6 Å². The van der Waals surface area contributed by atoms with Crippen molar-refractivity contribution in [2.24, 2.45) is 0 Å². The van der Waals surface area contributed by atoms with Gasteiger partial charge in [-0.3, -0.25) is 4.79 Å². The number of benzene rings is 2. The van der Waals surface area contributed by atoms with E-state index in [9.17, 15) is 32.7 Å². The zero-order valence-electron chi connectivity index (χ0n) is 18.4. The molecule has 2 aromatic carbocycles. The van der Waals surface area contributed by atoms with Crippen molar-refractivity contribution >= 4 is 18.0 Å². The molecule has 8 nitrogen and oxygen atoms in total. The number of halogens is 3. The van der Waals surface area contributed by atoms with Crippen molar-refractivity contribution in [2.75, 3.05) is 19.8 Å². The van der Waals surface area contributed by atoms with Crippen molar-refractivity contribution in [2.45, 2.75) is 36.5 Å². The number of aliphatic carboxylic acids is 1. The summed E-state index contributed by atoms with van der Waals surface area (Å²) in [6.07, 6.45) is -7.59. The molecule has 0 bridgehead atoms. The second kappa shape index (κ2) is 9.57. The molecule has 0 aromatic heterocycles. The molecule has 11 heteroatoms. The Morgan fingerprint density at radius 2 is 1.69 bits per heavy atom. The van der Waals surface area contributed by atoms with Gasteiger partial charge in [0.05, 0.1) is 13.0 Å². The highest BCUT2D eigenvalue weighted by molar-refractivity contribution is 5.88. The fourth-order valence-corrected chi connectivity index (χ4v) is 4.42. The number of rotatable bonds is 7. The van der Waals surface area contributed by atoms with Crippen LogP contribution in [-0.4, -0.2) is 60.7 Å². The molecule has 2 amide bonds. The number of nitrogens with one attached hydrogen (secondary N) is 2. The molecule has 2 unspecified atom stereocenters. The number of fused-ring (bicyclic) bond motifs is 3. The summed E-state index contributed by atoms with van der Waals surface area (Å²) in [5, 5.41) is 13.2. The smallest absolute Gasteiger partial charge is 0.409 e. The summed E-state index contributed by atoms with van der Waals surface area (Å²) >= 11 is 0. The maximum absolute atomic E-state index is 13.6. The molecule has 1 aliphatic heterocycles. The average molecular weight is 492 g/mol. The molecule has 2 aliphatic rings. The summed E-state index contributed by atoms with van der Waals surface area (Å²) in [7, 11) is 0. The lowest BCUT2D eigenvalue weighted by Crippen LogP contribution is -2.57. The van der Waals surface area contributed by atoms with Gasteiger partial charge < -0.3 is 25.2 Å². The Hall–Kier alpha value is -3.60. The van der Waals surface area contributed by atoms with Crippen molar-refractivity contribution in [3.63, 3.8) is 0 Å². The third-order valence-electron chi connectivity index (χ3n) is 6.23. The highest BCUT2D eigenvalue weighted by atomic mass is 19.4. The Morgan fingerprint density at radius 1 is 1.09 bits per heavy atom. The van der Waals surface area contributed by atoms with Crippen LogP contribution >= 0.6 is 0 Å². The summed E-state index contributed by atoms with van der Waals surface area (Å²) in [6, 6.07) is 12.4. The zero-order chi connectivity index (χ0) is 25.2. The molecule has 0 spiro atoms. The molecule has 2 atom stereocenters. The maximum Gasteiger partial charge on any atom is 0.409 e. The first-order chi connectivity index (χ1) is 16.6. The number of alkyl halides is 3. The number of carbonyl (C=O) groups is 3. The van der Waals surface area contributed by atoms with Crippen molar-refractivity contribution in [3.8, 4) is 11.1 Å². The Morgan fingerprint density at radius 3 is 2.20 bits per heavy atom. The van der Waals surface area contributed by atoms with Crippen LogP contribution in [-0.2, 0) is 19.1 Å².